The molecule has 0 bridgehead atoms. The summed E-state index contributed by atoms with van der Waals surface area (Å²) in [6.07, 6.45) is 2.01. The number of halogens is 2. The molecule has 1 aliphatic rings. The van der Waals surface area contributed by atoms with E-state index in [4.69, 9.17) is 0 Å². The fourth-order valence-corrected chi connectivity index (χ4v) is 3.78. The maximum Gasteiger partial charge on any atom is 0.261 e. The molecule has 1 saturated heterocycles. The average Bonchev–Trinajstić information content (AvgIpc) is 2.96. The van der Waals surface area contributed by atoms with E-state index in [1.807, 2.05) is 6.92 Å². The maximum absolute atomic E-state index is 13.2. The predicted molar refractivity (Wildman–Crippen MR) is 104 cm³/mol. The lowest BCUT2D eigenvalue weighted by molar-refractivity contribution is 0.0933. The largest absolute Gasteiger partial charge is 0.347 e. The van der Waals surface area contributed by atoms with E-state index in [0.29, 0.717) is 9.88 Å². The van der Waals surface area contributed by atoms with Crippen LogP contribution < -0.4 is 16.0 Å². The highest BCUT2D eigenvalue weighted by Crippen LogP contribution is 2.27. The van der Waals surface area contributed by atoms with Gasteiger partial charge in [-0.05, 0) is 56.1 Å². The molecule has 0 radical (unpaired) electrons. The van der Waals surface area contributed by atoms with Gasteiger partial charge in [0.25, 0.3) is 11.8 Å². The monoisotopic (exact) mass is 397 g/mol. The second-order valence-electron chi connectivity index (χ2n) is 6.10. The molecule has 26 heavy (non-hydrogen) atoms. The van der Waals surface area contributed by atoms with E-state index >= 15 is 0 Å². The number of benzene rings is 1. The third-order valence-electron chi connectivity index (χ3n) is 4.08. The number of carbonyl (C=O) groups excluding carboxylic acids is 2. The number of carbonyl (C=O) groups is 2. The van der Waals surface area contributed by atoms with Crippen LogP contribution in [0.15, 0.2) is 30.3 Å². The normalized spacial score (nSPS) is 16.5. The number of amides is 2. The molecule has 0 spiro atoms. The van der Waals surface area contributed by atoms with E-state index in [-0.39, 0.29) is 29.9 Å². The molecule has 1 fully saturated rings. The molecular weight excluding hydrogens is 377 g/mol. The fourth-order valence-electron chi connectivity index (χ4n) is 2.81. The minimum Gasteiger partial charge on any atom is -0.347 e. The summed E-state index contributed by atoms with van der Waals surface area (Å²) < 4.78 is 13.2. The Morgan fingerprint density at radius 1 is 1.27 bits per heavy atom. The SMILES string of the molecule is Cc1cc(NC(=O)c2cccc(F)c2)sc1C(=O)N[C@H]1CCCNC1.Cl. The number of hydrogen-bond donors (Lipinski definition) is 3. The molecule has 3 N–H and O–H groups in total. The quantitative estimate of drug-likeness (QED) is 0.741. The van der Waals surface area contributed by atoms with Gasteiger partial charge in [-0.1, -0.05) is 6.07 Å². The Bertz CT molecular complexity index is 790. The van der Waals surface area contributed by atoms with Crippen LogP contribution in [0.1, 0.15) is 38.4 Å². The van der Waals surface area contributed by atoms with Crippen LogP contribution in [-0.2, 0) is 0 Å². The van der Waals surface area contributed by atoms with Gasteiger partial charge in [0.2, 0.25) is 0 Å². The highest BCUT2D eigenvalue weighted by molar-refractivity contribution is 7.18. The van der Waals surface area contributed by atoms with E-state index in [1.54, 1.807) is 12.1 Å². The maximum atomic E-state index is 13.2. The topological polar surface area (TPSA) is 70.2 Å². The number of hydrogen-bond acceptors (Lipinski definition) is 4. The lowest BCUT2D eigenvalue weighted by Gasteiger charge is -2.23. The van der Waals surface area contributed by atoms with Crippen molar-refractivity contribution in [1.29, 1.82) is 0 Å². The van der Waals surface area contributed by atoms with Crippen molar-refractivity contribution >= 4 is 40.6 Å². The standard InChI is InChI=1S/C18H20FN3O2S.ClH/c1-11-8-15(22-17(23)12-4-2-5-13(19)9-12)25-16(11)18(24)21-14-6-3-7-20-10-14;/h2,4-5,8-9,14,20H,3,6-7,10H2,1H3,(H,21,24)(H,22,23);1H/t14-;/m0./s1. The van der Waals surface area contributed by atoms with Crippen molar-refractivity contribution in [3.63, 3.8) is 0 Å². The van der Waals surface area contributed by atoms with Crippen LogP contribution in [0.25, 0.3) is 0 Å². The van der Waals surface area contributed by atoms with Crippen LogP contribution >= 0.6 is 23.7 Å². The molecule has 1 aliphatic heterocycles. The number of rotatable bonds is 4. The molecule has 1 aromatic heterocycles. The van der Waals surface area contributed by atoms with Gasteiger partial charge in [-0.2, -0.15) is 0 Å². The summed E-state index contributed by atoms with van der Waals surface area (Å²) >= 11 is 1.23. The summed E-state index contributed by atoms with van der Waals surface area (Å²) in [4.78, 5) is 25.2. The smallest absolute Gasteiger partial charge is 0.261 e. The van der Waals surface area contributed by atoms with Crippen molar-refractivity contribution in [1.82, 2.24) is 10.6 Å². The zero-order chi connectivity index (χ0) is 17.8. The molecule has 0 saturated carbocycles. The molecule has 2 aromatic rings. The Kier molecular flexibility index (Phi) is 7.14. The van der Waals surface area contributed by atoms with Crippen LogP contribution in [0.3, 0.4) is 0 Å². The third kappa shape index (κ3) is 5.03. The molecule has 2 amide bonds. The molecule has 8 heteroatoms. The lowest BCUT2D eigenvalue weighted by Crippen LogP contribution is -2.45. The van der Waals surface area contributed by atoms with Gasteiger partial charge in [-0.25, -0.2) is 4.39 Å². The van der Waals surface area contributed by atoms with Gasteiger partial charge in [-0.15, -0.1) is 23.7 Å². The summed E-state index contributed by atoms with van der Waals surface area (Å²) in [5.41, 5.74) is 1.05. The highest BCUT2D eigenvalue weighted by Gasteiger charge is 2.20. The predicted octanol–water partition coefficient (Wildman–Crippen LogP) is 3.35. The van der Waals surface area contributed by atoms with Gasteiger partial charge in [0.05, 0.1) is 9.88 Å². The second kappa shape index (κ2) is 9.12. The summed E-state index contributed by atoms with van der Waals surface area (Å²) in [6.45, 7) is 3.60. The second-order valence-corrected chi connectivity index (χ2v) is 7.16. The van der Waals surface area contributed by atoms with Crippen molar-refractivity contribution in [2.24, 2.45) is 0 Å². The molecule has 1 atom stereocenters. The van der Waals surface area contributed by atoms with Gasteiger partial charge in [0, 0.05) is 18.2 Å². The Hall–Kier alpha value is -1.96. The molecular formula is C18H21ClFN3O2S. The molecule has 3 rings (SSSR count). The van der Waals surface area contributed by atoms with Gasteiger partial charge in [0.1, 0.15) is 5.82 Å². The summed E-state index contributed by atoms with van der Waals surface area (Å²) in [7, 11) is 0. The van der Waals surface area contributed by atoms with E-state index in [1.165, 1.54) is 29.5 Å². The lowest BCUT2D eigenvalue weighted by atomic mass is 10.1. The molecule has 2 heterocycles. The first-order chi connectivity index (χ1) is 12.0. The third-order valence-corrected chi connectivity index (χ3v) is 5.23. The van der Waals surface area contributed by atoms with Gasteiger partial charge < -0.3 is 16.0 Å². The van der Waals surface area contributed by atoms with Crippen LogP contribution in [-0.4, -0.2) is 30.9 Å². The summed E-state index contributed by atoms with van der Waals surface area (Å²) in [5, 5.41) is 9.58. The molecule has 1 aromatic carbocycles. The number of aryl methyl sites for hydroxylation is 1. The van der Waals surface area contributed by atoms with E-state index < -0.39 is 11.7 Å². The van der Waals surface area contributed by atoms with Crippen molar-refractivity contribution < 1.29 is 14.0 Å². The van der Waals surface area contributed by atoms with E-state index in [9.17, 15) is 14.0 Å². The van der Waals surface area contributed by atoms with Crippen LogP contribution in [0.4, 0.5) is 9.39 Å². The van der Waals surface area contributed by atoms with Gasteiger partial charge in [-0.3, -0.25) is 9.59 Å². The first kappa shape index (κ1) is 20.4. The van der Waals surface area contributed by atoms with Crippen molar-refractivity contribution in [2.45, 2.75) is 25.8 Å². The molecule has 0 aliphatic carbocycles. The molecule has 140 valence electrons. The Balaban J connectivity index is 0.00000243. The zero-order valence-corrected chi connectivity index (χ0v) is 15.9. The first-order valence-corrected chi connectivity index (χ1v) is 9.03. The fraction of sp³-hybridized carbons (Fsp3) is 0.333. The van der Waals surface area contributed by atoms with Crippen molar-refractivity contribution in [2.75, 3.05) is 18.4 Å². The zero-order valence-electron chi connectivity index (χ0n) is 14.3. The minimum atomic E-state index is -0.462. The Morgan fingerprint density at radius 3 is 2.77 bits per heavy atom. The summed E-state index contributed by atoms with van der Waals surface area (Å²) in [6, 6.07) is 7.39. The van der Waals surface area contributed by atoms with Gasteiger partial charge >= 0.3 is 0 Å². The van der Waals surface area contributed by atoms with Crippen LogP contribution in [0, 0.1) is 12.7 Å². The highest BCUT2D eigenvalue weighted by atomic mass is 35.5. The van der Waals surface area contributed by atoms with E-state index in [2.05, 4.69) is 16.0 Å². The molecule has 5 nitrogen and oxygen atoms in total. The Morgan fingerprint density at radius 2 is 2.08 bits per heavy atom. The van der Waals surface area contributed by atoms with Gasteiger partial charge in [0.15, 0.2) is 0 Å². The van der Waals surface area contributed by atoms with Crippen LogP contribution in [0.5, 0.6) is 0 Å². The minimum absolute atomic E-state index is 0. The average molecular weight is 398 g/mol. The summed E-state index contributed by atoms with van der Waals surface area (Å²) in [5.74, 6) is -0.984. The number of anilines is 1. The first-order valence-electron chi connectivity index (χ1n) is 8.22. The number of thiophene rings is 1. The van der Waals surface area contributed by atoms with Crippen molar-refractivity contribution in [3.8, 4) is 0 Å². The van der Waals surface area contributed by atoms with Crippen molar-refractivity contribution in [3.05, 3.63) is 52.2 Å². The van der Waals surface area contributed by atoms with Crippen LogP contribution in [0.2, 0.25) is 0 Å². The number of nitrogens with one attached hydrogen (secondary N) is 3. The molecule has 0 unspecified atom stereocenters. The number of piperidine rings is 1. The Labute approximate surface area is 161 Å². The van der Waals surface area contributed by atoms with E-state index in [0.717, 1.165) is 31.5 Å².